The van der Waals surface area contributed by atoms with Crippen LogP contribution in [-0.4, -0.2) is 26.6 Å². The lowest BCUT2D eigenvalue weighted by atomic mass is 9.91. The van der Waals surface area contributed by atoms with E-state index in [-0.39, 0.29) is 23.9 Å². The summed E-state index contributed by atoms with van der Waals surface area (Å²) in [6.07, 6.45) is 2.90. The van der Waals surface area contributed by atoms with Crippen molar-refractivity contribution >= 4 is 57.1 Å². The number of nitrogens with zero attached hydrogens (tertiary/aromatic N) is 3. The molecule has 6 rings (SSSR count). The van der Waals surface area contributed by atoms with Crippen molar-refractivity contribution in [1.29, 1.82) is 0 Å². The number of amides is 1. The SMILES string of the molecule is O=C(CCc1nccs1)N1N=C(c2c(-c3ccc(Cl)cc3)c3ccccc3[nH]c2=O)C[C@H]1c1ccc(Cl)cc1. The summed E-state index contributed by atoms with van der Waals surface area (Å²) in [5, 5.41) is 11.2. The van der Waals surface area contributed by atoms with Crippen molar-refractivity contribution in [1.82, 2.24) is 15.0 Å². The minimum atomic E-state index is -0.370. The van der Waals surface area contributed by atoms with Gasteiger partial charge in [-0.2, -0.15) is 5.10 Å². The molecule has 3 heterocycles. The number of fused-ring (bicyclic) bond motifs is 1. The van der Waals surface area contributed by atoms with Crippen molar-refractivity contribution in [2.75, 3.05) is 0 Å². The molecule has 1 atom stereocenters. The Balaban J connectivity index is 1.48. The van der Waals surface area contributed by atoms with Crippen molar-refractivity contribution in [3.63, 3.8) is 0 Å². The Morgan fingerprint density at radius 2 is 1.69 bits per heavy atom. The minimum Gasteiger partial charge on any atom is -0.321 e. The van der Waals surface area contributed by atoms with Gasteiger partial charge < -0.3 is 4.98 Å². The first-order valence-corrected chi connectivity index (χ1v) is 14.1. The van der Waals surface area contributed by atoms with Crippen LogP contribution in [0.2, 0.25) is 10.0 Å². The molecule has 3 aromatic carbocycles. The Bertz CT molecular complexity index is 1750. The molecule has 0 bridgehead atoms. The highest BCUT2D eigenvalue weighted by Crippen LogP contribution is 2.37. The van der Waals surface area contributed by atoms with Crippen LogP contribution in [0.1, 0.15) is 35.0 Å². The third kappa shape index (κ3) is 5.13. The highest BCUT2D eigenvalue weighted by molar-refractivity contribution is 7.09. The van der Waals surface area contributed by atoms with Crippen LogP contribution in [0.4, 0.5) is 0 Å². The number of carbonyl (C=O) groups is 1. The van der Waals surface area contributed by atoms with E-state index in [9.17, 15) is 9.59 Å². The van der Waals surface area contributed by atoms with Gasteiger partial charge in [-0.15, -0.1) is 11.3 Å². The van der Waals surface area contributed by atoms with Crippen LogP contribution in [0.3, 0.4) is 0 Å². The number of H-pyrrole nitrogens is 1. The number of aryl methyl sites for hydroxylation is 1. The standard InChI is InChI=1S/C30H22Cl2N4O2S/c31-20-9-5-18(6-10-20)25-17-24(35-36(25)27(37)14-13-26-33-15-16-39-26)29-28(19-7-11-21(32)12-8-19)22-3-1-2-4-23(22)34-30(29)38/h1-12,15-16,25H,13-14,17H2,(H,34,38)/t25-/m0/s1. The number of aromatic nitrogens is 2. The summed E-state index contributed by atoms with van der Waals surface area (Å²) in [6, 6.07) is 22.1. The molecule has 6 nitrogen and oxygen atoms in total. The number of halogens is 2. The number of aromatic amines is 1. The minimum absolute atomic E-state index is 0.134. The van der Waals surface area contributed by atoms with E-state index in [0.717, 1.165) is 32.6 Å². The smallest absolute Gasteiger partial charge is 0.258 e. The first-order chi connectivity index (χ1) is 19.0. The maximum Gasteiger partial charge on any atom is 0.258 e. The van der Waals surface area contributed by atoms with Crippen molar-refractivity contribution < 1.29 is 4.79 Å². The van der Waals surface area contributed by atoms with Crippen molar-refractivity contribution in [3.05, 3.63) is 121 Å². The Morgan fingerprint density at radius 3 is 2.41 bits per heavy atom. The number of nitrogens with one attached hydrogen (secondary N) is 1. The molecule has 0 saturated heterocycles. The fourth-order valence-electron chi connectivity index (χ4n) is 4.98. The normalized spacial score (nSPS) is 15.1. The number of hydrogen-bond donors (Lipinski definition) is 1. The van der Waals surface area contributed by atoms with Gasteiger partial charge in [0.1, 0.15) is 0 Å². The topological polar surface area (TPSA) is 78.4 Å². The van der Waals surface area contributed by atoms with Crippen molar-refractivity contribution in [2.45, 2.75) is 25.3 Å². The summed E-state index contributed by atoms with van der Waals surface area (Å²) >= 11 is 13.9. The van der Waals surface area contributed by atoms with Gasteiger partial charge in [-0.25, -0.2) is 9.99 Å². The molecule has 9 heteroatoms. The quantitative estimate of drug-likeness (QED) is 0.232. The van der Waals surface area contributed by atoms with Crippen LogP contribution in [0.5, 0.6) is 0 Å². The molecule has 5 aromatic rings. The highest BCUT2D eigenvalue weighted by Gasteiger charge is 2.35. The van der Waals surface area contributed by atoms with Crippen molar-refractivity contribution in [3.8, 4) is 11.1 Å². The molecule has 1 amide bonds. The zero-order valence-electron chi connectivity index (χ0n) is 20.6. The van der Waals surface area contributed by atoms with Crippen molar-refractivity contribution in [2.24, 2.45) is 5.10 Å². The zero-order valence-corrected chi connectivity index (χ0v) is 22.9. The summed E-state index contributed by atoms with van der Waals surface area (Å²) in [4.78, 5) is 34.5. The third-order valence-corrected chi connectivity index (χ3v) is 8.14. The van der Waals surface area contributed by atoms with Crippen LogP contribution in [-0.2, 0) is 11.2 Å². The van der Waals surface area contributed by atoms with E-state index in [4.69, 9.17) is 28.3 Å². The van der Waals surface area contributed by atoms with E-state index in [0.29, 0.717) is 34.2 Å². The fraction of sp³-hybridized carbons (Fsp3) is 0.133. The van der Waals surface area contributed by atoms with E-state index in [2.05, 4.69) is 9.97 Å². The molecule has 0 aliphatic carbocycles. The Labute approximate surface area is 238 Å². The van der Waals surface area contributed by atoms with Gasteiger partial charge in [0.15, 0.2) is 0 Å². The maximum absolute atomic E-state index is 13.6. The van der Waals surface area contributed by atoms with E-state index in [1.165, 1.54) is 16.3 Å². The lowest BCUT2D eigenvalue weighted by Crippen LogP contribution is -2.27. The molecule has 2 aromatic heterocycles. The fourth-order valence-corrected chi connectivity index (χ4v) is 5.85. The largest absolute Gasteiger partial charge is 0.321 e. The van der Waals surface area contributed by atoms with E-state index in [1.54, 1.807) is 30.5 Å². The van der Waals surface area contributed by atoms with E-state index >= 15 is 0 Å². The highest BCUT2D eigenvalue weighted by atomic mass is 35.5. The molecular formula is C30H22Cl2N4O2S. The first kappa shape index (κ1) is 25.5. The lowest BCUT2D eigenvalue weighted by molar-refractivity contribution is -0.133. The molecule has 0 spiro atoms. The van der Waals surface area contributed by atoms with Crippen LogP contribution in [0, 0.1) is 0 Å². The molecular weight excluding hydrogens is 551 g/mol. The van der Waals surface area contributed by atoms with Gasteiger partial charge in [0, 0.05) is 57.4 Å². The van der Waals surface area contributed by atoms with Gasteiger partial charge >= 0.3 is 0 Å². The van der Waals surface area contributed by atoms with Crippen LogP contribution in [0.15, 0.2) is 94.3 Å². The Hall–Kier alpha value is -3.78. The van der Waals surface area contributed by atoms with Gasteiger partial charge in [-0.05, 0) is 41.5 Å². The van der Waals surface area contributed by atoms with Crippen LogP contribution in [0.25, 0.3) is 22.0 Å². The summed E-state index contributed by atoms with van der Waals surface area (Å²) in [5.74, 6) is -0.134. The number of hydrogen-bond acceptors (Lipinski definition) is 5. The summed E-state index contributed by atoms with van der Waals surface area (Å²) in [6.45, 7) is 0. The molecule has 1 aliphatic heterocycles. The number of pyridine rings is 1. The van der Waals surface area contributed by atoms with Gasteiger partial charge in [-0.1, -0.05) is 65.7 Å². The number of hydrazone groups is 1. The predicted molar refractivity (Wildman–Crippen MR) is 158 cm³/mol. The third-order valence-electron chi connectivity index (χ3n) is 6.80. The average Bonchev–Trinajstić information content (AvgIpc) is 3.63. The molecule has 1 aliphatic rings. The lowest BCUT2D eigenvalue weighted by Gasteiger charge is -2.22. The second-order valence-corrected chi connectivity index (χ2v) is 11.1. The van der Waals surface area contributed by atoms with Gasteiger partial charge in [0.25, 0.3) is 5.56 Å². The molecule has 1 N–H and O–H groups in total. The number of para-hydroxylation sites is 1. The van der Waals surface area contributed by atoms with E-state index < -0.39 is 0 Å². The molecule has 0 saturated carbocycles. The van der Waals surface area contributed by atoms with Gasteiger partial charge in [0.2, 0.25) is 5.91 Å². The van der Waals surface area contributed by atoms with E-state index in [1.807, 2.05) is 53.9 Å². The first-order valence-electron chi connectivity index (χ1n) is 12.4. The molecule has 0 unspecified atom stereocenters. The molecule has 0 radical (unpaired) electrons. The van der Waals surface area contributed by atoms with Crippen LogP contribution >= 0.6 is 34.5 Å². The number of benzene rings is 3. The van der Waals surface area contributed by atoms with Gasteiger partial charge in [-0.3, -0.25) is 9.59 Å². The molecule has 0 fully saturated rings. The second kappa shape index (κ2) is 10.8. The Morgan fingerprint density at radius 1 is 0.974 bits per heavy atom. The summed E-state index contributed by atoms with van der Waals surface area (Å²) < 4.78 is 0. The molecule has 194 valence electrons. The summed E-state index contributed by atoms with van der Waals surface area (Å²) in [7, 11) is 0. The van der Waals surface area contributed by atoms with Gasteiger partial charge in [0.05, 0.1) is 22.3 Å². The monoisotopic (exact) mass is 572 g/mol. The number of thiazole rings is 1. The average molecular weight is 574 g/mol. The number of carbonyl (C=O) groups excluding carboxylic acids is 1. The molecule has 39 heavy (non-hydrogen) atoms. The zero-order chi connectivity index (χ0) is 26.9. The second-order valence-electron chi connectivity index (χ2n) is 9.24. The number of rotatable bonds is 6. The summed E-state index contributed by atoms with van der Waals surface area (Å²) in [5.41, 5.74) is 3.96. The van der Waals surface area contributed by atoms with Crippen LogP contribution < -0.4 is 5.56 Å². The Kier molecular flexibility index (Phi) is 7.04. The maximum atomic E-state index is 13.6. The predicted octanol–water partition coefficient (Wildman–Crippen LogP) is 7.27.